The van der Waals surface area contributed by atoms with Crippen LogP contribution in [0.2, 0.25) is 0 Å². The van der Waals surface area contributed by atoms with Gasteiger partial charge in [-0.05, 0) is 199 Å². The number of nitrogens with one attached hydrogen (secondary N) is 5. The minimum Gasteiger partial charge on any atom is -0.493 e. The average molecular weight is 1910 g/mol. The molecule has 9 rings (SSSR count). The molecule has 0 aliphatic carbocycles. The van der Waals surface area contributed by atoms with Crippen molar-refractivity contribution in [1.82, 2.24) is 26.6 Å². The zero-order valence-electron chi connectivity index (χ0n) is 87.3. The molecule has 4 unspecified atom stereocenters. The molecule has 20 nitrogen and oxygen atoms in total. The molecule has 760 valence electrons. The molecule has 0 spiro atoms. The summed E-state index contributed by atoms with van der Waals surface area (Å²) in [6.07, 6.45) is 15.2. The molecule has 11 N–H and O–H groups in total. The molecule has 0 bridgehead atoms. The Morgan fingerprint density at radius 3 is 0.964 bits per heavy atom. The van der Waals surface area contributed by atoms with E-state index in [1.807, 2.05) is 288 Å². The second-order valence-electron chi connectivity index (χ2n) is 39.7. The second-order valence-corrected chi connectivity index (χ2v) is 39.7. The van der Waals surface area contributed by atoms with Crippen molar-refractivity contribution < 1.29 is 57.3 Å². The van der Waals surface area contributed by atoms with Crippen LogP contribution in [0.15, 0.2) is 218 Å². The number of benzene rings is 8. The highest BCUT2D eigenvalue weighted by atomic mass is 16.5. The second kappa shape index (κ2) is 64.6. The van der Waals surface area contributed by atoms with Crippen molar-refractivity contribution in [3.05, 3.63) is 263 Å². The van der Waals surface area contributed by atoms with Crippen LogP contribution < -0.4 is 62.7 Å². The van der Waals surface area contributed by atoms with Gasteiger partial charge in [0.15, 0.2) is 0 Å². The first-order chi connectivity index (χ1) is 66.7. The third-order valence-corrected chi connectivity index (χ3v) is 27.2. The molecule has 1 heterocycles. The molecule has 0 radical (unpaired) electrons. The van der Waals surface area contributed by atoms with Gasteiger partial charge in [0.1, 0.15) is 46.1 Å². The minimum atomic E-state index is -0.555. The third-order valence-electron chi connectivity index (χ3n) is 27.2. The molecule has 8 aromatic rings. The quantitative estimate of drug-likeness (QED) is 0.0176. The van der Waals surface area contributed by atoms with E-state index in [0.29, 0.717) is 114 Å². The summed E-state index contributed by atoms with van der Waals surface area (Å²) in [5.41, 5.74) is 26.4. The van der Waals surface area contributed by atoms with Crippen LogP contribution in [0.3, 0.4) is 0 Å². The fourth-order valence-electron chi connectivity index (χ4n) is 17.1. The van der Waals surface area contributed by atoms with Crippen LogP contribution in [0.4, 0.5) is 0 Å². The predicted molar refractivity (Wildman–Crippen MR) is 568 cm³/mol. The molecule has 1 aliphatic rings. The molecular formula is C119H172N8O12. The Morgan fingerprint density at radius 1 is 0.345 bits per heavy atom. The largest absolute Gasteiger partial charge is 0.493 e. The van der Waals surface area contributed by atoms with Crippen molar-refractivity contribution in [2.24, 2.45) is 58.6 Å². The Morgan fingerprint density at radius 2 is 0.655 bits per heavy atom. The van der Waals surface area contributed by atoms with Gasteiger partial charge < -0.3 is 62.7 Å². The van der Waals surface area contributed by atoms with Gasteiger partial charge in [-0.2, -0.15) is 0 Å². The Labute approximate surface area is 834 Å². The van der Waals surface area contributed by atoms with Gasteiger partial charge in [0.05, 0.1) is 62.6 Å². The minimum absolute atomic E-state index is 0.0240. The van der Waals surface area contributed by atoms with Gasteiger partial charge in [0, 0.05) is 80.8 Å². The highest BCUT2D eigenvalue weighted by Crippen LogP contribution is 2.34. The molecule has 18 atom stereocenters. The van der Waals surface area contributed by atoms with Gasteiger partial charge in [-0.3, -0.25) is 38.4 Å². The average Bonchev–Trinajstić information content (AvgIpc) is 1.30. The van der Waals surface area contributed by atoms with Crippen molar-refractivity contribution >= 4 is 46.8 Å². The summed E-state index contributed by atoms with van der Waals surface area (Å²) in [7, 11) is 0. The lowest BCUT2D eigenvalue weighted by molar-refractivity contribution is -0.124. The monoisotopic (exact) mass is 1910 g/mol. The fraction of sp³-hybridized carbons (Fsp3) is 0.529. The van der Waals surface area contributed by atoms with Crippen molar-refractivity contribution in [3.63, 3.8) is 0 Å². The molecule has 1 saturated heterocycles. The number of ketones is 4. The van der Waals surface area contributed by atoms with Crippen LogP contribution in [-0.2, 0) is 38.4 Å². The zero-order chi connectivity index (χ0) is 102. The van der Waals surface area contributed by atoms with Crippen LogP contribution in [0.5, 0.6) is 23.0 Å². The highest BCUT2D eigenvalue weighted by molar-refractivity contribution is 5.89. The van der Waals surface area contributed by atoms with Gasteiger partial charge >= 0.3 is 0 Å². The first kappa shape index (κ1) is 117. The molecule has 0 saturated carbocycles. The third kappa shape index (κ3) is 42.8. The Kier molecular flexibility index (Phi) is 54.4. The Hall–Kier alpha value is -10.6. The summed E-state index contributed by atoms with van der Waals surface area (Å²) in [5.74, 6) is 4.80. The number of hydrogen-bond donors (Lipinski definition) is 8. The van der Waals surface area contributed by atoms with Gasteiger partial charge in [-0.25, -0.2) is 0 Å². The van der Waals surface area contributed by atoms with E-state index in [9.17, 15) is 38.4 Å². The van der Waals surface area contributed by atoms with Crippen molar-refractivity contribution in [1.29, 1.82) is 0 Å². The predicted octanol–water partition coefficient (Wildman–Crippen LogP) is 23.1. The number of carbonyl (C=O) groups is 8. The maximum atomic E-state index is 13.2. The van der Waals surface area contributed by atoms with E-state index in [0.717, 1.165) is 151 Å². The van der Waals surface area contributed by atoms with Crippen LogP contribution in [0.1, 0.15) is 332 Å². The molecule has 1 fully saturated rings. The van der Waals surface area contributed by atoms with Crippen molar-refractivity contribution in [3.8, 4) is 23.0 Å². The fourth-order valence-corrected chi connectivity index (χ4v) is 17.1. The van der Waals surface area contributed by atoms with Crippen molar-refractivity contribution in [2.45, 2.75) is 312 Å². The van der Waals surface area contributed by atoms with Gasteiger partial charge in [0.25, 0.3) is 0 Å². The van der Waals surface area contributed by atoms with Crippen LogP contribution in [-0.4, -0.2) is 124 Å². The zero-order valence-corrected chi connectivity index (χ0v) is 87.3. The number of nitrogens with two attached hydrogens (primary N) is 3. The van der Waals surface area contributed by atoms with Gasteiger partial charge in [0.2, 0.25) is 23.6 Å². The van der Waals surface area contributed by atoms with Crippen LogP contribution in [0.25, 0.3) is 0 Å². The first-order valence-corrected chi connectivity index (χ1v) is 52.1. The topological polar surface area (TPSA) is 312 Å². The summed E-state index contributed by atoms with van der Waals surface area (Å²) in [6.45, 7) is 42.2. The molecule has 139 heavy (non-hydrogen) atoms. The molecule has 20 heteroatoms. The van der Waals surface area contributed by atoms with E-state index >= 15 is 0 Å². The number of ether oxygens (including phenoxy) is 4. The van der Waals surface area contributed by atoms with E-state index in [4.69, 9.17) is 36.1 Å². The summed E-state index contributed by atoms with van der Waals surface area (Å²) < 4.78 is 23.8. The van der Waals surface area contributed by atoms with E-state index in [1.54, 1.807) is 0 Å². The Balaban J connectivity index is 0.000000284. The number of Topliss-reactive ketones (excluding diaryl/α,β-unsaturated/α-hetero) is 4. The van der Waals surface area contributed by atoms with E-state index < -0.39 is 18.1 Å². The maximum absolute atomic E-state index is 13.2. The number of amides is 4. The van der Waals surface area contributed by atoms with E-state index in [2.05, 4.69) is 82.0 Å². The molecule has 4 amide bonds. The summed E-state index contributed by atoms with van der Waals surface area (Å²) >= 11 is 0. The first-order valence-electron chi connectivity index (χ1n) is 52.1. The highest BCUT2D eigenvalue weighted by Gasteiger charge is 2.31. The van der Waals surface area contributed by atoms with Crippen LogP contribution >= 0.6 is 0 Å². The number of hydrogen-bond acceptors (Lipinski definition) is 16. The molecule has 8 aromatic carbocycles. The maximum Gasteiger partial charge on any atom is 0.237 e. The smallest absolute Gasteiger partial charge is 0.237 e. The standard InChI is InChI=1S/3C30H44N2O3.C29H40N2O3/c1-6-10-22(4)20-35-27-15-13-25(14-16-27)26(19-32-30(34)28(31)17-21(2)3)18-29(33)23(5)24-11-8-7-9-12-24;1-6-11-21(3)20-35-27-16-14-25(15-17-27)26(19-32-30(34)29(31)22(4)7-2)18-28(33)23(5)24-12-9-8-10-13-24;1-6-11-21(3)20-35-26-16-14-25(15-17-26)27(18-19-28(33)29(31)22(4)7-2)32-30(34)23(5)24-12-9-8-10-13-24;1-4-9-21(2)20-34-26-15-13-24(14-16-26)25(19-31-29(33)27-12-8-17-30-27)18-28(32)22(3)23-10-6-5-7-11-23/h7-9,11-16,21-23,26,28H,6,10,17-20,31H2,1-5H3,(H,32,34);8-10,12-17,21-23,26,29H,6-7,11,18-20,31H2,1-5H3,(H,32,34);8-10,12-17,21-23,27,29H,6-7,11,18-20,31H2,1-5H3,(H,32,34);5-7,10-11,13-16,21-22,25,27,30H,4,8-9,12,17-20H2,1-3H3,(H,31,33)/t22?,23-,26-,28+;21?,22-,23-,26-,29-;21?,22-,23-,27-,29-;21?,22-,25-,27-/m0000/s1. The Bertz CT molecular complexity index is 4640. The summed E-state index contributed by atoms with van der Waals surface area (Å²) in [6, 6.07) is 69.0. The van der Waals surface area contributed by atoms with Crippen LogP contribution in [0, 0.1) is 41.4 Å². The SMILES string of the molecule is CCCC(C)COc1ccc([C@H](CCC(=O)[C@@H](N)[C@@H](C)CC)NC(=O)[C@@H](C)c2ccccc2)cc1.CCCC(C)COc1ccc([C@H](CNC(=O)[C@@H](N)[C@@H](C)CC)CC(=O)[C@@H](C)c2ccccc2)cc1.CCCC(C)COc1ccc([C@H](CNC(=O)[C@@H]2CCCN2)CC(=O)[C@@H](C)c2ccccc2)cc1.CCCC(C)COc1ccc([C@H](CNC(=O)[C@H](N)CC(C)C)CC(=O)[C@@H](C)c2ccccc2)cc1. The molecule has 1 aliphatic heterocycles. The number of rotatable bonds is 58. The molecular weight excluding hydrogens is 1730 g/mol. The lowest BCUT2D eigenvalue weighted by Crippen LogP contribution is -2.45. The molecule has 0 aromatic heterocycles. The van der Waals surface area contributed by atoms with Gasteiger partial charge in [-0.15, -0.1) is 0 Å². The van der Waals surface area contributed by atoms with Gasteiger partial charge in [-0.1, -0.05) is 326 Å². The van der Waals surface area contributed by atoms with Crippen molar-refractivity contribution in [2.75, 3.05) is 52.6 Å². The van der Waals surface area contributed by atoms with E-state index in [1.165, 1.54) is 0 Å². The lowest BCUT2D eigenvalue weighted by Gasteiger charge is -2.23. The van der Waals surface area contributed by atoms with E-state index in [-0.39, 0.29) is 112 Å². The summed E-state index contributed by atoms with van der Waals surface area (Å²) in [5, 5.41) is 15.5. The number of carbonyl (C=O) groups excluding carboxylic acids is 8. The summed E-state index contributed by atoms with van der Waals surface area (Å²) in [4.78, 5) is 103. The normalized spacial score (nSPS) is 15.9. The lowest BCUT2D eigenvalue weighted by atomic mass is 9.87.